The smallest absolute Gasteiger partial charge is 0.262 e. The highest BCUT2D eigenvalue weighted by molar-refractivity contribution is 6.23. The van der Waals surface area contributed by atoms with Crippen molar-refractivity contribution in [2.75, 3.05) is 6.61 Å². The number of carbonyl (C=O) groups is 4. The maximum Gasteiger partial charge on any atom is 0.262 e. The normalized spacial score (nSPS) is 18.7. The first-order valence-corrected chi connectivity index (χ1v) is 19.3. The van der Waals surface area contributed by atoms with Crippen LogP contribution in [0.1, 0.15) is 71.2 Å². The molecule has 2 aromatic carbocycles. The van der Waals surface area contributed by atoms with Crippen LogP contribution in [-0.4, -0.2) is 72.9 Å². The first kappa shape index (κ1) is 36.6. The lowest BCUT2D eigenvalue weighted by atomic mass is 9.92. The fraction of sp³-hybridized carbons (Fsp3) is 0.267. The fourth-order valence-electron chi connectivity index (χ4n) is 7.64. The number of fused-ring (bicyclic) bond motifs is 4. The molecule has 1 atom stereocenters. The van der Waals surface area contributed by atoms with Crippen molar-refractivity contribution in [1.82, 2.24) is 29.7 Å². The predicted molar refractivity (Wildman–Crippen MR) is 213 cm³/mol. The highest BCUT2D eigenvalue weighted by atomic mass is 16.5. The molecular formula is C45H38N6O7. The number of nitrogens with one attached hydrogen (secondary N) is 1. The van der Waals surface area contributed by atoms with Crippen molar-refractivity contribution >= 4 is 45.4 Å². The molecule has 0 bridgehead atoms. The molecule has 6 aromatic rings. The summed E-state index contributed by atoms with van der Waals surface area (Å²) in [5.74, 6) is 5.76. The van der Waals surface area contributed by atoms with E-state index in [-0.39, 0.29) is 36.2 Å². The molecule has 4 amide bonds. The van der Waals surface area contributed by atoms with E-state index in [2.05, 4.69) is 61.9 Å². The summed E-state index contributed by atoms with van der Waals surface area (Å²) < 4.78 is 20.2. The number of hydrogen-bond donors (Lipinski definition) is 1. The van der Waals surface area contributed by atoms with E-state index in [0.717, 1.165) is 63.7 Å². The van der Waals surface area contributed by atoms with Crippen LogP contribution in [0.4, 0.5) is 0 Å². The Bertz CT molecular complexity index is 2660. The number of carbonyl (C=O) groups excluding carboxylic acids is 4. The lowest BCUT2D eigenvalue weighted by molar-refractivity contribution is -0.136. The van der Waals surface area contributed by atoms with Crippen LogP contribution in [0.3, 0.4) is 0 Å². The number of amides is 4. The van der Waals surface area contributed by atoms with E-state index in [1.165, 1.54) is 17.5 Å². The monoisotopic (exact) mass is 774 g/mol. The molecule has 2 fully saturated rings. The van der Waals surface area contributed by atoms with Gasteiger partial charge in [0, 0.05) is 97.1 Å². The van der Waals surface area contributed by atoms with Crippen molar-refractivity contribution in [3.63, 3.8) is 0 Å². The lowest BCUT2D eigenvalue weighted by Gasteiger charge is -2.34. The molecule has 0 radical (unpaired) electrons. The Morgan fingerprint density at radius 3 is 2.31 bits per heavy atom. The van der Waals surface area contributed by atoms with E-state index in [0.29, 0.717) is 30.5 Å². The molecule has 0 spiro atoms. The van der Waals surface area contributed by atoms with Gasteiger partial charge in [-0.25, -0.2) is 9.97 Å². The van der Waals surface area contributed by atoms with Gasteiger partial charge in [-0.2, -0.15) is 0 Å². The molecule has 1 saturated heterocycles. The van der Waals surface area contributed by atoms with Crippen LogP contribution in [0.25, 0.3) is 32.9 Å². The topological polar surface area (TPSA) is 155 Å². The number of benzene rings is 2. The number of unbranched alkanes of at least 4 members (excludes halogenated alkanes) is 2. The van der Waals surface area contributed by atoms with Crippen LogP contribution in [0.15, 0.2) is 91.5 Å². The highest BCUT2D eigenvalue weighted by Gasteiger charge is 2.44. The van der Waals surface area contributed by atoms with Crippen molar-refractivity contribution in [2.24, 2.45) is 7.05 Å². The van der Waals surface area contributed by atoms with Gasteiger partial charge in [0.15, 0.2) is 0 Å². The number of pyridine rings is 3. The van der Waals surface area contributed by atoms with Gasteiger partial charge in [0.25, 0.3) is 11.8 Å². The molecule has 13 nitrogen and oxygen atoms in total. The number of aryl methyl sites for hydroxylation is 1. The van der Waals surface area contributed by atoms with Gasteiger partial charge in [0.05, 0.1) is 23.3 Å². The molecule has 13 heteroatoms. The zero-order valence-corrected chi connectivity index (χ0v) is 31.6. The second-order valence-corrected chi connectivity index (χ2v) is 14.7. The Balaban J connectivity index is 0.683. The van der Waals surface area contributed by atoms with Crippen molar-refractivity contribution in [3.8, 4) is 40.5 Å². The van der Waals surface area contributed by atoms with E-state index in [1.807, 2.05) is 48.9 Å². The van der Waals surface area contributed by atoms with Gasteiger partial charge in [-0.15, -0.1) is 0 Å². The third kappa shape index (κ3) is 7.20. The lowest BCUT2D eigenvalue weighted by Crippen LogP contribution is -2.54. The maximum absolute atomic E-state index is 13.0. The Labute approximate surface area is 333 Å². The Morgan fingerprint density at radius 2 is 1.55 bits per heavy atom. The molecule has 1 saturated carbocycles. The summed E-state index contributed by atoms with van der Waals surface area (Å²) in [5, 5.41) is 4.52. The Morgan fingerprint density at radius 1 is 0.776 bits per heavy atom. The largest absolute Gasteiger partial charge is 0.494 e. The van der Waals surface area contributed by atoms with Gasteiger partial charge in [-0.05, 0) is 67.3 Å². The average molecular weight is 775 g/mol. The summed E-state index contributed by atoms with van der Waals surface area (Å²) >= 11 is 0. The van der Waals surface area contributed by atoms with E-state index >= 15 is 0 Å². The van der Waals surface area contributed by atoms with Gasteiger partial charge in [0.1, 0.15) is 24.0 Å². The van der Waals surface area contributed by atoms with Crippen molar-refractivity contribution < 1.29 is 33.4 Å². The molecular weight excluding hydrogens is 737 g/mol. The van der Waals surface area contributed by atoms with Crippen LogP contribution < -0.4 is 19.5 Å². The van der Waals surface area contributed by atoms with Crippen LogP contribution in [0, 0.1) is 11.8 Å². The van der Waals surface area contributed by atoms with Crippen LogP contribution >= 0.6 is 0 Å². The third-order valence-corrected chi connectivity index (χ3v) is 10.8. The van der Waals surface area contributed by atoms with Crippen molar-refractivity contribution in [1.29, 1.82) is 0 Å². The molecule has 9 rings (SSSR count). The minimum absolute atomic E-state index is 0.0194. The molecule has 1 N–H and O–H groups in total. The number of piperidine rings is 1. The molecule has 290 valence electrons. The van der Waals surface area contributed by atoms with Gasteiger partial charge in [0.2, 0.25) is 23.6 Å². The number of hydrogen-bond acceptors (Lipinski definition) is 10. The molecule has 3 aliphatic rings. The predicted octanol–water partition coefficient (Wildman–Crippen LogP) is 6.17. The summed E-state index contributed by atoms with van der Waals surface area (Å²) in [4.78, 5) is 64.0. The first-order chi connectivity index (χ1) is 28.3. The van der Waals surface area contributed by atoms with Crippen LogP contribution in [0.5, 0.6) is 17.5 Å². The summed E-state index contributed by atoms with van der Waals surface area (Å²) in [6.45, 7) is 0.408. The minimum Gasteiger partial charge on any atom is -0.494 e. The fourth-order valence-corrected chi connectivity index (χ4v) is 7.64. The summed E-state index contributed by atoms with van der Waals surface area (Å²) in [5.41, 5.74) is 5.62. The molecule has 1 unspecified atom stereocenters. The zero-order chi connectivity index (χ0) is 39.8. The van der Waals surface area contributed by atoms with Gasteiger partial charge in [-0.3, -0.25) is 34.4 Å². The number of imide groups is 2. The van der Waals surface area contributed by atoms with Crippen molar-refractivity contribution in [3.05, 3.63) is 108 Å². The molecule has 6 heterocycles. The SMILES string of the molecule is Cn1c2ccncc2c2ccc(-c3ccc(O[C@H]4C[C@H](Oc5ccc(C#CCCCCOc6ccc7c(c6)C(=O)N(C6CCC(=O)NC6=O)C7=O)cn5)C4)nc3)cc21. The zero-order valence-electron chi connectivity index (χ0n) is 31.6. The standard InChI is InChI=1S/C45H38N6O7/c1-50-37-17-18-46-26-36(37)33-11-8-28(20-39(33)50)29-9-16-42(48-25-29)58-32-21-31(22-32)57-41-15-7-27(24-47-41)6-4-2-3-5-19-56-30-10-12-34-35(23-30)45(55)51(44(34)54)38-13-14-40(52)49-43(38)53/h7-12,15-18,20,23-26,31-32,38H,2-3,5,13-14,19,21-22H2,1H3,(H,49,52,53)/t31-,32-,38?. The second kappa shape index (κ2) is 15.5. The quantitative estimate of drug-likeness (QED) is 0.0918. The summed E-state index contributed by atoms with van der Waals surface area (Å²) in [6, 6.07) is 19.9. The average Bonchev–Trinajstić information content (AvgIpc) is 3.65. The molecule has 1 aliphatic carbocycles. The summed E-state index contributed by atoms with van der Waals surface area (Å²) in [6.07, 6.45) is 11.2. The minimum atomic E-state index is -1.00. The molecule has 4 aromatic heterocycles. The van der Waals surface area contributed by atoms with E-state index in [4.69, 9.17) is 14.2 Å². The van der Waals surface area contributed by atoms with Crippen LogP contribution in [0.2, 0.25) is 0 Å². The number of ether oxygens (including phenoxy) is 3. The van der Waals surface area contributed by atoms with Gasteiger partial charge < -0.3 is 18.8 Å². The Hall–Kier alpha value is -7.07. The van der Waals surface area contributed by atoms with E-state index < -0.39 is 29.7 Å². The number of nitrogens with zero attached hydrogens (tertiary/aromatic N) is 5. The van der Waals surface area contributed by atoms with Gasteiger partial charge >= 0.3 is 0 Å². The number of rotatable bonds is 11. The third-order valence-electron chi connectivity index (χ3n) is 10.8. The van der Waals surface area contributed by atoms with Crippen molar-refractivity contribution in [2.45, 2.75) is 63.2 Å². The first-order valence-electron chi connectivity index (χ1n) is 19.3. The highest BCUT2D eigenvalue weighted by Crippen LogP contribution is 2.34. The van der Waals surface area contributed by atoms with Crippen LogP contribution in [-0.2, 0) is 16.6 Å². The number of aromatic nitrogens is 4. The summed E-state index contributed by atoms with van der Waals surface area (Å²) in [7, 11) is 2.07. The van der Waals surface area contributed by atoms with E-state index in [1.54, 1.807) is 12.3 Å². The van der Waals surface area contributed by atoms with E-state index in [9.17, 15) is 19.2 Å². The Kier molecular flexibility index (Phi) is 9.75. The molecule has 58 heavy (non-hydrogen) atoms. The maximum atomic E-state index is 13.0. The molecule has 2 aliphatic heterocycles. The second-order valence-electron chi connectivity index (χ2n) is 14.7. The van der Waals surface area contributed by atoms with Gasteiger partial charge in [-0.1, -0.05) is 24.0 Å².